The van der Waals surface area contributed by atoms with Crippen LogP contribution in [0.15, 0.2) is 30.3 Å². The number of nitrogens with one attached hydrogen (secondary N) is 1. The summed E-state index contributed by atoms with van der Waals surface area (Å²) in [7, 11) is 0. The van der Waals surface area contributed by atoms with Crippen molar-refractivity contribution in [2.24, 2.45) is 0 Å². The van der Waals surface area contributed by atoms with Gasteiger partial charge in [-0.3, -0.25) is 4.79 Å². The molecule has 3 rings (SSSR count). The number of hydrogen-bond donors (Lipinski definition) is 1. The van der Waals surface area contributed by atoms with Crippen LogP contribution in [0.1, 0.15) is 65.4 Å². The van der Waals surface area contributed by atoms with Crippen molar-refractivity contribution in [1.29, 1.82) is 0 Å². The summed E-state index contributed by atoms with van der Waals surface area (Å²) in [5, 5.41) is 3.59. The van der Waals surface area contributed by atoms with Gasteiger partial charge in [0.25, 0.3) is 0 Å². The lowest BCUT2D eigenvalue weighted by Crippen LogP contribution is -2.16. The van der Waals surface area contributed by atoms with Gasteiger partial charge in [0.2, 0.25) is 5.91 Å². The van der Waals surface area contributed by atoms with E-state index in [0.717, 1.165) is 31.2 Å². The maximum Gasteiger partial charge on any atom is 0.341 e. The average molecular weight is 372 g/mol. The van der Waals surface area contributed by atoms with Gasteiger partial charge in [-0.25, -0.2) is 4.79 Å². The van der Waals surface area contributed by atoms with Gasteiger partial charge in [0.15, 0.2) is 0 Å². The smallest absolute Gasteiger partial charge is 0.341 e. The van der Waals surface area contributed by atoms with Crippen LogP contribution in [0.5, 0.6) is 0 Å². The molecule has 1 aromatic heterocycles. The van der Waals surface area contributed by atoms with E-state index < -0.39 is 0 Å². The zero-order valence-corrected chi connectivity index (χ0v) is 16.2. The van der Waals surface area contributed by atoms with Crippen LogP contribution in [0.25, 0.3) is 0 Å². The van der Waals surface area contributed by atoms with Crippen LogP contribution >= 0.6 is 11.3 Å². The largest absolute Gasteiger partial charge is 0.462 e. The first-order chi connectivity index (χ1) is 12.6. The SMILES string of the molecule is CCCC(=O)Nc1sc2c(c1C(=O)OCC)CCC(c1ccccc1)C2. The second kappa shape index (κ2) is 8.49. The van der Waals surface area contributed by atoms with Gasteiger partial charge in [0.1, 0.15) is 5.00 Å². The zero-order valence-electron chi connectivity index (χ0n) is 15.3. The van der Waals surface area contributed by atoms with Gasteiger partial charge in [-0.2, -0.15) is 0 Å². The van der Waals surface area contributed by atoms with Gasteiger partial charge in [-0.05, 0) is 49.7 Å². The molecule has 0 spiro atoms. The number of rotatable bonds is 6. The molecule has 2 aromatic rings. The predicted molar refractivity (Wildman–Crippen MR) is 105 cm³/mol. The summed E-state index contributed by atoms with van der Waals surface area (Å²) in [6.45, 7) is 4.10. The summed E-state index contributed by atoms with van der Waals surface area (Å²) in [4.78, 5) is 25.8. The molecule has 138 valence electrons. The van der Waals surface area contributed by atoms with Crippen molar-refractivity contribution >= 4 is 28.2 Å². The van der Waals surface area contributed by atoms with Crippen LogP contribution in [0.3, 0.4) is 0 Å². The highest BCUT2D eigenvalue weighted by Crippen LogP contribution is 2.42. The molecule has 1 aliphatic carbocycles. The molecule has 0 aliphatic heterocycles. The monoisotopic (exact) mass is 371 g/mol. The van der Waals surface area contributed by atoms with Gasteiger partial charge in [0.05, 0.1) is 12.2 Å². The number of esters is 1. The van der Waals surface area contributed by atoms with E-state index in [9.17, 15) is 9.59 Å². The van der Waals surface area contributed by atoms with Crippen molar-refractivity contribution in [1.82, 2.24) is 0 Å². The van der Waals surface area contributed by atoms with E-state index >= 15 is 0 Å². The number of hydrogen-bond acceptors (Lipinski definition) is 4. The quantitative estimate of drug-likeness (QED) is 0.732. The minimum absolute atomic E-state index is 0.0451. The van der Waals surface area contributed by atoms with Crippen LogP contribution < -0.4 is 5.32 Å². The molecule has 1 heterocycles. The highest BCUT2D eigenvalue weighted by atomic mass is 32.1. The zero-order chi connectivity index (χ0) is 18.5. The van der Waals surface area contributed by atoms with Gasteiger partial charge in [-0.1, -0.05) is 37.3 Å². The first-order valence-corrected chi connectivity index (χ1v) is 10.1. The summed E-state index contributed by atoms with van der Waals surface area (Å²) in [6.07, 6.45) is 3.98. The third-order valence-corrected chi connectivity index (χ3v) is 5.92. The number of ether oxygens (including phenoxy) is 1. The molecule has 1 N–H and O–H groups in total. The topological polar surface area (TPSA) is 55.4 Å². The number of amides is 1. The van der Waals surface area contributed by atoms with Crippen molar-refractivity contribution in [3.8, 4) is 0 Å². The molecule has 1 amide bonds. The summed E-state index contributed by atoms with van der Waals surface area (Å²) in [6, 6.07) is 10.5. The molecular weight excluding hydrogens is 346 g/mol. The highest BCUT2D eigenvalue weighted by Gasteiger charge is 2.30. The third kappa shape index (κ3) is 3.98. The minimum Gasteiger partial charge on any atom is -0.462 e. The van der Waals surface area contributed by atoms with E-state index in [1.54, 1.807) is 6.92 Å². The molecular formula is C21H25NO3S. The summed E-state index contributed by atoms with van der Waals surface area (Å²) < 4.78 is 5.26. The van der Waals surface area contributed by atoms with E-state index in [1.165, 1.54) is 21.8 Å². The lowest BCUT2D eigenvalue weighted by molar-refractivity contribution is -0.116. The van der Waals surface area contributed by atoms with Crippen molar-refractivity contribution in [2.75, 3.05) is 11.9 Å². The van der Waals surface area contributed by atoms with Crippen molar-refractivity contribution in [3.63, 3.8) is 0 Å². The van der Waals surface area contributed by atoms with Crippen molar-refractivity contribution in [2.45, 2.75) is 51.9 Å². The van der Waals surface area contributed by atoms with Crippen LogP contribution in [0, 0.1) is 0 Å². The highest BCUT2D eigenvalue weighted by molar-refractivity contribution is 7.17. The normalized spacial score (nSPS) is 16.0. The number of benzene rings is 1. The van der Waals surface area contributed by atoms with Crippen LogP contribution in [-0.4, -0.2) is 18.5 Å². The van der Waals surface area contributed by atoms with Crippen LogP contribution in [0.4, 0.5) is 5.00 Å². The maximum atomic E-state index is 12.5. The molecule has 0 radical (unpaired) electrons. The number of fused-ring (bicyclic) bond motifs is 1. The molecule has 5 heteroatoms. The van der Waals surface area contributed by atoms with E-state index in [-0.39, 0.29) is 11.9 Å². The van der Waals surface area contributed by atoms with E-state index in [0.29, 0.717) is 29.5 Å². The number of carbonyl (C=O) groups is 2. The molecule has 0 bridgehead atoms. The molecule has 1 aromatic carbocycles. The Morgan fingerprint density at radius 3 is 2.69 bits per heavy atom. The van der Waals surface area contributed by atoms with Crippen molar-refractivity contribution in [3.05, 3.63) is 51.9 Å². The van der Waals surface area contributed by atoms with E-state index in [1.807, 2.05) is 13.0 Å². The second-order valence-corrected chi connectivity index (χ2v) is 7.68. The molecule has 0 saturated heterocycles. The first-order valence-electron chi connectivity index (χ1n) is 9.30. The van der Waals surface area contributed by atoms with Crippen molar-refractivity contribution < 1.29 is 14.3 Å². The van der Waals surface area contributed by atoms with E-state index in [2.05, 4.69) is 29.6 Å². The van der Waals surface area contributed by atoms with Crippen LogP contribution in [0.2, 0.25) is 0 Å². The fraction of sp³-hybridized carbons (Fsp3) is 0.429. The van der Waals surface area contributed by atoms with Gasteiger partial charge >= 0.3 is 5.97 Å². The fourth-order valence-electron chi connectivity index (χ4n) is 3.52. The number of carbonyl (C=O) groups excluding carboxylic acids is 2. The molecule has 0 fully saturated rings. The predicted octanol–water partition coefficient (Wildman–Crippen LogP) is 4.94. The second-order valence-electron chi connectivity index (χ2n) is 6.58. The lowest BCUT2D eigenvalue weighted by atomic mass is 9.83. The molecule has 1 atom stereocenters. The summed E-state index contributed by atoms with van der Waals surface area (Å²) >= 11 is 1.54. The first kappa shape index (κ1) is 18.6. The molecule has 4 nitrogen and oxygen atoms in total. The average Bonchev–Trinajstić information content (AvgIpc) is 2.99. The minimum atomic E-state index is -0.324. The molecule has 1 aliphatic rings. The Balaban J connectivity index is 1.91. The van der Waals surface area contributed by atoms with Gasteiger partial charge < -0.3 is 10.1 Å². The van der Waals surface area contributed by atoms with Crippen LogP contribution in [-0.2, 0) is 22.4 Å². The number of thiophene rings is 1. The Hall–Kier alpha value is -2.14. The Bertz CT molecular complexity index is 782. The molecule has 1 unspecified atom stereocenters. The lowest BCUT2D eigenvalue weighted by Gasteiger charge is -2.23. The molecule has 0 saturated carbocycles. The fourth-order valence-corrected chi connectivity index (χ4v) is 4.85. The van der Waals surface area contributed by atoms with Gasteiger partial charge in [0, 0.05) is 11.3 Å². The van der Waals surface area contributed by atoms with E-state index in [4.69, 9.17) is 4.74 Å². The summed E-state index contributed by atoms with van der Waals surface area (Å²) in [5.41, 5.74) is 2.97. The van der Waals surface area contributed by atoms with Gasteiger partial charge in [-0.15, -0.1) is 11.3 Å². The Morgan fingerprint density at radius 1 is 1.23 bits per heavy atom. The standard InChI is InChI=1S/C21H25NO3S/c1-3-8-18(23)22-20-19(21(24)25-4-2)16-12-11-15(13-17(16)26-20)14-9-6-5-7-10-14/h5-7,9-10,15H,3-4,8,11-13H2,1-2H3,(H,22,23). The maximum absolute atomic E-state index is 12.5. The Labute approximate surface area is 158 Å². The summed E-state index contributed by atoms with van der Waals surface area (Å²) in [5.74, 6) is 0.0859. The third-order valence-electron chi connectivity index (χ3n) is 4.75. The number of anilines is 1. The Morgan fingerprint density at radius 2 is 2.00 bits per heavy atom. The Kier molecular flexibility index (Phi) is 6.09. The molecule has 26 heavy (non-hydrogen) atoms.